The van der Waals surface area contributed by atoms with Crippen LogP contribution in [-0.2, 0) is 0 Å². The van der Waals surface area contributed by atoms with E-state index < -0.39 is 0 Å². The lowest BCUT2D eigenvalue weighted by Crippen LogP contribution is -2.06. The number of H-pyrrole nitrogens is 1. The Labute approximate surface area is 92.8 Å². The molecule has 0 saturated carbocycles. The van der Waals surface area contributed by atoms with Gasteiger partial charge in [-0.15, -0.1) is 0 Å². The van der Waals surface area contributed by atoms with Crippen LogP contribution in [0.3, 0.4) is 0 Å². The van der Waals surface area contributed by atoms with Crippen molar-refractivity contribution < 1.29 is 9.47 Å². The molecule has 0 fully saturated rings. The molecule has 1 aromatic carbocycles. The van der Waals surface area contributed by atoms with Crippen molar-refractivity contribution >= 4 is 10.9 Å². The average Bonchev–Trinajstić information content (AvgIpc) is 2.27. The molecule has 0 atom stereocenters. The largest absolute Gasteiger partial charge is 0.496 e. The van der Waals surface area contributed by atoms with E-state index in [1.54, 1.807) is 26.4 Å². The first-order chi connectivity index (χ1) is 7.67. The summed E-state index contributed by atoms with van der Waals surface area (Å²) in [6.07, 6.45) is 0. The Bertz CT molecular complexity index is 587. The third-order valence-corrected chi connectivity index (χ3v) is 2.56. The summed E-state index contributed by atoms with van der Waals surface area (Å²) in [5, 5.41) is 0.876. The number of aromatic amines is 1. The third-order valence-electron chi connectivity index (χ3n) is 2.56. The smallest absolute Gasteiger partial charge is 0.248 e. The lowest BCUT2D eigenvalue weighted by Gasteiger charge is -2.10. The highest BCUT2D eigenvalue weighted by Crippen LogP contribution is 2.32. The highest BCUT2D eigenvalue weighted by Gasteiger charge is 2.10. The van der Waals surface area contributed by atoms with E-state index in [4.69, 9.17) is 9.47 Å². The monoisotopic (exact) mass is 219 g/mol. The number of methoxy groups -OCH3 is 2. The van der Waals surface area contributed by atoms with E-state index >= 15 is 0 Å². The lowest BCUT2D eigenvalue weighted by atomic mass is 10.1. The van der Waals surface area contributed by atoms with Gasteiger partial charge in [0.1, 0.15) is 11.5 Å². The summed E-state index contributed by atoms with van der Waals surface area (Å²) in [7, 11) is 3.17. The molecule has 0 spiro atoms. The van der Waals surface area contributed by atoms with Crippen LogP contribution in [0.15, 0.2) is 23.0 Å². The van der Waals surface area contributed by atoms with Crippen molar-refractivity contribution in [2.75, 3.05) is 14.2 Å². The Kier molecular flexibility index (Phi) is 2.56. The van der Waals surface area contributed by atoms with E-state index in [2.05, 4.69) is 4.98 Å². The van der Waals surface area contributed by atoms with Crippen LogP contribution in [0.5, 0.6) is 11.5 Å². The van der Waals surface area contributed by atoms with Crippen molar-refractivity contribution in [2.24, 2.45) is 0 Å². The Morgan fingerprint density at radius 1 is 1.12 bits per heavy atom. The van der Waals surface area contributed by atoms with Gasteiger partial charge in [0.05, 0.1) is 19.7 Å². The predicted molar refractivity (Wildman–Crippen MR) is 62.4 cm³/mol. The van der Waals surface area contributed by atoms with Crippen molar-refractivity contribution in [2.45, 2.75) is 6.92 Å². The molecule has 0 aliphatic carbocycles. The van der Waals surface area contributed by atoms with Gasteiger partial charge >= 0.3 is 0 Å². The molecule has 2 rings (SSSR count). The van der Waals surface area contributed by atoms with Gasteiger partial charge in [0.15, 0.2) is 0 Å². The van der Waals surface area contributed by atoms with Gasteiger partial charge in [-0.1, -0.05) is 0 Å². The highest BCUT2D eigenvalue weighted by atomic mass is 16.5. The molecule has 1 N–H and O–H groups in total. The zero-order chi connectivity index (χ0) is 11.7. The molecule has 0 unspecified atom stereocenters. The fourth-order valence-corrected chi connectivity index (χ4v) is 1.85. The van der Waals surface area contributed by atoms with Gasteiger partial charge in [0.2, 0.25) is 5.56 Å². The number of aromatic nitrogens is 1. The quantitative estimate of drug-likeness (QED) is 0.838. The SMILES string of the molecule is COc1ccc(OC)c2c(C)cc(=O)[nH]c12. The first-order valence-corrected chi connectivity index (χ1v) is 4.92. The molecular formula is C12H13NO3. The third kappa shape index (κ3) is 1.52. The van der Waals surface area contributed by atoms with E-state index in [1.807, 2.05) is 13.0 Å². The number of hydrogen-bond acceptors (Lipinski definition) is 3. The van der Waals surface area contributed by atoms with E-state index in [9.17, 15) is 4.79 Å². The first kappa shape index (κ1) is 10.5. The topological polar surface area (TPSA) is 51.3 Å². The minimum Gasteiger partial charge on any atom is -0.496 e. The summed E-state index contributed by atoms with van der Waals surface area (Å²) >= 11 is 0. The maximum absolute atomic E-state index is 11.4. The molecule has 0 saturated heterocycles. The molecule has 84 valence electrons. The second-order valence-corrected chi connectivity index (χ2v) is 3.54. The maximum atomic E-state index is 11.4. The van der Waals surface area contributed by atoms with Crippen molar-refractivity contribution in [3.8, 4) is 11.5 Å². The van der Waals surface area contributed by atoms with Gasteiger partial charge in [-0.05, 0) is 24.6 Å². The zero-order valence-corrected chi connectivity index (χ0v) is 9.46. The zero-order valence-electron chi connectivity index (χ0n) is 9.46. The summed E-state index contributed by atoms with van der Waals surface area (Å²) in [5.41, 5.74) is 1.40. The molecular weight excluding hydrogens is 206 g/mol. The average molecular weight is 219 g/mol. The minimum absolute atomic E-state index is 0.142. The fourth-order valence-electron chi connectivity index (χ4n) is 1.85. The van der Waals surface area contributed by atoms with Gasteiger partial charge < -0.3 is 14.5 Å². The van der Waals surface area contributed by atoms with Crippen molar-refractivity contribution in [3.05, 3.63) is 34.1 Å². The number of hydrogen-bond donors (Lipinski definition) is 1. The molecule has 0 amide bonds. The van der Waals surface area contributed by atoms with E-state index in [0.29, 0.717) is 11.3 Å². The molecule has 16 heavy (non-hydrogen) atoms. The van der Waals surface area contributed by atoms with Crippen LogP contribution in [0, 0.1) is 6.92 Å². The van der Waals surface area contributed by atoms with Gasteiger partial charge in [-0.25, -0.2) is 0 Å². The van der Waals surface area contributed by atoms with Gasteiger partial charge in [-0.3, -0.25) is 4.79 Å². The number of benzene rings is 1. The summed E-state index contributed by atoms with van der Waals surface area (Å²) in [4.78, 5) is 14.2. The van der Waals surface area contributed by atoms with Crippen LogP contribution < -0.4 is 15.0 Å². The van der Waals surface area contributed by atoms with E-state index in [-0.39, 0.29) is 5.56 Å². The summed E-state index contributed by atoms with van der Waals surface area (Å²) < 4.78 is 10.5. The standard InChI is InChI=1S/C12H13NO3/c1-7-6-10(14)13-12-9(16-3)5-4-8(15-2)11(7)12/h4-6H,1-3H3,(H,13,14). The number of pyridine rings is 1. The van der Waals surface area contributed by atoms with Crippen LogP contribution in [0.2, 0.25) is 0 Å². The lowest BCUT2D eigenvalue weighted by molar-refractivity contribution is 0.409. The summed E-state index contributed by atoms with van der Waals surface area (Å²) in [5.74, 6) is 1.36. The number of ether oxygens (including phenoxy) is 2. The van der Waals surface area contributed by atoms with Crippen LogP contribution in [0.1, 0.15) is 5.56 Å². The molecule has 0 radical (unpaired) electrons. The molecule has 4 heteroatoms. The van der Waals surface area contributed by atoms with E-state index in [1.165, 1.54) is 0 Å². The minimum atomic E-state index is -0.142. The molecule has 4 nitrogen and oxygen atoms in total. The Hall–Kier alpha value is -1.97. The fraction of sp³-hybridized carbons (Fsp3) is 0.250. The van der Waals surface area contributed by atoms with Gasteiger partial charge in [-0.2, -0.15) is 0 Å². The molecule has 0 bridgehead atoms. The van der Waals surface area contributed by atoms with Crippen molar-refractivity contribution in [1.29, 1.82) is 0 Å². The van der Waals surface area contributed by atoms with Crippen LogP contribution in [-0.4, -0.2) is 19.2 Å². The summed E-state index contributed by atoms with van der Waals surface area (Å²) in [6, 6.07) is 5.15. The van der Waals surface area contributed by atoms with Gasteiger partial charge in [0, 0.05) is 11.5 Å². The number of rotatable bonds is 2. The Balaban J connectivity index is 2.95. The number of aryl methyl sites for hydroxylation is 1. The molecule has 1 heterocycles. The van der Waals surface area contributed by atoms with E-state index in [0.717, 1.165) is 16.7 Å². The van der Waals surface area contributed by atoms with Gasteiger partial charge in [0.25, 0.3) is 0 Å². The van der Waals surface area contributed by atoms with Crippen molar-refractivity contribution in [1.82, 2.24) is 4.98 Å². The Morgan fingerprint density at radius 3 is 2.38 bits per heavy atom. The first-order valence-electron chi connectivity index (χ1n) is 4.92. The number of nitrogens with one attached hydrogen (secondary N) is 1. The molecule has 1 aromatic heterocycles. The van der Waals surface area contributed by atoms with Crippen LogP contribution >= 0.6 is 0 Å². The molecule has 2 aromatic rings. The Morgan fingerprint density at radius 2 is 1.75 bits per heavy atom. The summed E-state index contributed by atoms with van der Waals surface area (Å²) in [6.45, 7) is 1.87. The predicted octanol–water partition coefficient (Wildman–Crippen LogP) is 1.85. The van der Waals surface area contributed by atoms with Crippen LogP contribution in [0.25, 0.3) is 10.9 Å². The number of fused-ring (bicyclic) bond motifs is 1. The maximum Gasteiger partial charge on any atom is 0.248 e. The normalized spacial score (nSPS) is 10.4. The second-order valence-electron chi connectivity index (χ2n) is 3.54. The van der Waals surface area contributed by atoms with Crippen molar-refractivity contribution in [3.63, 3.8) is 0 Å². The molecule has 0 aliphatic heterocycles. The second kappa shape index (κ2) is 3.89. The molecule has 0 aliphatic rings. The van der Waals surface area contributed by atoms with Crippen LogP contribution in [0.4, 0.5) is 0 Å². The highest BCUT2D eigenvalue weighted by molar-refractivity contribution is 5.92.